The Labute approximate surface area is 361 Å². The van der Waals surface area contributed by atoms with E-state index in [1.807, 2.05) is 0 Å². The van der Waals surface area contributed by atoms with Crippen molar-refractivity contribution in [2.75, 3.05) is 0 Å². The monoisotopic (exact) mass is 856 g/mol. The number of halogens is 2. The van der Waals surface area contributed by atoms with Gasteiger partial charge in [-0.1, -0.05) is 133 Å². The fourth-order valence-corrected chi connectivity index (χ4v) is 8.18. The van der Waals surface area contributed by atoms with Gasteiger partial charge >= 0.3 is 30.2 Å². The van der Waals surface area contributed by atoms with Gasteiger partial charge in [0.05, 0.1) is 0 Å². The fourth-order valence-electron chi connectivity index (χ4n) is 8.18. The molecular formula is C52H44Cl2SiZr-4. The molecule has 4 heteroatoms. The van der Waals surface area contributed by atoms with Crippen LogP contribution in [-0.4, -0.2) is 6.88 Å². The van der Waals surface area contributed by atoms with E-state index in [9.17, 15) is 0 Å². The summed E-state index contributed by atoms with van der Waals surface area (Å²) in [7, 11) is 0. The van der Waals surface area contributed by atoms with Crippen molar-refractivity contribution >= 4 is 71.5 Å². The first-order valence-corrected chi connectivity index (χ1v) is 22.0. The first-order chi connectivity index (χ1) is 25.4. The molecule has 10 rings (SSSR count). The second-order valence-electron chi connectivity index (χ2n) is 14.0. The summed E-state index contributed by atoms with van der Waals surface area (Å²) in [6.45, 7) is 11.8. The third-order valence-corrected chi connectivity index (χ3v) is 10.5. The molecule has 0 bridgehead atoms. The third kappa shape index (κ3) is 8.23. The molecule has 2 radical (unpaired) electrons. The van der Waals surface area contributed by atoms with Gasteiger partial charge in [-0.25, -0.2) is 0 Å². The average molecular weight is 859 g/mol. The van der Waals surface area contributed by atoms with Gasteiger partial charge in [-0.15, -0.1) is 80.2 Å². The van der Waals surface area contributed by atoms with E-state index >= 15 is 0 Å². The molecule has 0 N–H and O–H groups in total. The van der Waals surface area contributed by atoms with Crippen molar-refractivity contribution in [2.45, 2.75) is 27.7 Å². The molecule has 56 heavy (non-hydrogen) atoms. The molecule has 0 spiro atoms. The fraction of sp³-hybridized carbons (Fsp3) is 0.0769. The Morgan fingerprint density at radius 2 is 0.714 bits per heavy atom. The number of rotatable bonds is 2. The summed E-state index contributed by atoms with van der Waals surface area (Å²) in [6.07, 6.45) is 0. The number of fused-ring (bicyclic) bond motifs is 6. The van der Waals surface area contributed by atoms with Gasteiger partial charge in [0.15, 0.2) is 0 Å². The van der Waals surface area contributed by atoms with Gasteiger partial charge in [-0.2, -0.15) is 0 Å². The number of hydrogen-bond donors (Lipinski definition) is 0. The molecule has 0 aromatic heterocycles. The van der Waals surface area contributed by atoms with Crippen LogP contribution in [0, 0.1) is 42.5 Å². The normalized spacial score (nSPS) is 10.5. The van der Waals surface area contributed by atoms with Gasteiger partial charge in [-0.3, -0.25) is 0 Å². The van der Waals surface area contributed by atoms with Gasteiger partial charge in [0.2, 0.25) is 0 Å². The van der Waals surface area contributed by atoms with Crippen LogP contribution in [0.15, 0.2) is 158 Å². The van der Waals surface area contributed by atoms with Crippen LogP contribution >= 0.6 is 0 Å². The van der Waals surface area contributed by atoms with Crippen LogP contribution in [0.4, 0.5) is 0 Å². The van der Waals surface area contributed by atoms with Crippen LogP contribution in [0.25, 0.3) is 86.9 Å². The Bertz CT molecular complexity index is 2750. The SMILES string of the molecule is Cc1ccc2c(-c3cccc4cc5ccccc5cc34)c(C)[cH-]c2c1.Cc1ccc2c(-c3cccc4cc5ccccc5cc34)c(C)[cH-]c2c1.[CH3-].[CH3-].[Cl-].[Cl-].[Si]=[Zr+2]. The predicted octanol–water partition coefficient (Wildman–Crippen LogP) is 8.82. The average Bonchev–Trinajstić information content (AvgIpc) is 3.67. The van der Waals surface area contributed by atoms with E-state index in [-0.39, 0.29) is 39.7 Å². The molecule has 0 atom stereocenters. The maximum absolute atomic E-state index is 3.06. The van der Waals surface area contributed by atoms with E-state index in [1.54, 1.807) is 0 Å². The Balaban J connectivity index is 0.000000223. The van der Waals surface area contributed by atoms with Crippen molar-refractivity contribution in [3.05, 3.63) is 195 Å². The van der Waals surface area contributed by atoms with Crippen LogP contribution in [-0.2, 0) is 23.3 Å². The number of hydrogen-bond acceptors (Lipinski definition) is 0. The van der Waals surface area contributed by atoms with Crippen molar-refractivity contribution in [1.82, 2.24) is 0 Å². The zero-order valence-electron chi connectivity index (χ0n) is 32.8. The summed E-state index contributed by atoms with van der Waals surface area (Å²) in [5, 5.41) is 15.8. The van der Waals surface area contributed by atoms with Gasteiger partial charge in [-0.05, 0) is 81.2 Å². The molecule has 0 amide bonds. The second kappa shape index (κ2) is 18.8. The van der Waals surface area contributed by atoms with Crippen LogP contribution in [0.1, 0.15) is 22.3 Å². The summed E-state index contributed by atoms with van der Waals surface area (Å²) in [5.41, 5.74) is 10.7. The zero-order valence-corrected chi connectivity index (χ0v) is 37.7. The Hall–Kier alpha value is -4.30. The van der Waals surface area contributed by atoms with Gasteiger partial charge < -0.3 is 39.7 Å². The Kier molecular flexibility index (Phi) is 14.9. The van der Waals surface area contributed by atoms with Crippen LogP contribution in [0.3, 0.4) is 0 Å². The Morgan fingerprint density at radius 3 is 1.09 bits per heavy atom. The molecule has 0 nitrogen and oxygen atoms in total. The molecule has 0 unspecified atom stereocenters. The molecule has 0 heterocycles. The summed E-state index contributed by atoms with van der Waals surface area (Å²) in [5.74, 6) is 0. The van der Waals surface area contributed by atoms with Crippen molar-refractivity contribution in [2.24, 2.45) is 0 Å². The second-order valence-corrected chi connectivity index (χ2v) is 14.0. The molecule has 278 valence electrons. The summed E-state index contributed by atoms with van der Waals surface area (Å²) in [6, 6.07) is 58.0. The van der Waals surface area contributed by atoms with Crippen molar-refractivity contribution in [1.29, 1.82) is 0 Å². The molecule has 0 saturated carbocycles. The quantitative estimate of drug-likeness (QED) is 0.0927. The summed E-state index contributed by atoms with van der Waals surface area (Å²) in [4.78, 5) is 0. The molecule has 0 aliphatic heterocycles. The molecule has 0 saturated heterocycles. The van der Waals surface area contributed by atoms with E-state index in [2.05, 4.69) is 192 Å². The van der Waals surface area contributed by atoms with E-state index in [4.69, 9.17) is 0 Å². The molecule has 0 aliphatic carbocycles. The van der Waals surface area contributed by atoms with Gasteiger partial charge in [0, 0.05) is 0 Å². The standard InChI is InChI=1S/2C25H19.2CH3.2ClH.Si.Zr/c2*1-16-10-11-22-21(12-16)13-17(2)25(22)23-9-5-8-20-14-18-6-3-4-7-19(18)15-24(20)23;;;;;;/h2*3-15H,1-2H3;2*1H3;2*1H;;/q4*-1;;;;+2/p-2. The molecule has 10 aromatic rings. The summed E-state index contributed by atoms with van der Waals surface area (Å²) < 4.78 is 0. The van der Waals surface area contributed by atoms with Gasteiger partial charge in [0.1, 0.15) is 0 Å². The molecular weight excluding hydrogens is 815 g/mol. The van der Waals surface area contributed by atoms with E-state index in [0.717, 1.165) is 0 Å². The van der Waals surface area contributed by atoms with Gasteiger partial charge in [0.25, 0.3) is 0 Å². The zero-order chi connectivity index (χ0) is 35.9. The first-order valence-electron chi connectivity index (χ1n) is 17.8. The predicted molar refractivity (Wildman–Crippen MR) is 238 cm³/mol. The van der Waals surface area contributed by atoms with Crippen molar-refractivity contribution in [3.8, 4) is 22.3 Å². The van der Waals surface area contributed by atoms with Crippen molar-refractivity contribution in [3.63, 3.8) is 0 Å². The van der Waals surface area contributed by atoms with E-state index in [0.29, 0.717) is 0 Å². The van der Waals surface area contributed by atoms with Crippen LogP contribution in [0.5, 0.6) is 0 Å². The minimum absolute atomic E-state index is 0. The molecule has 10 aromatic carbocycles. The number of benzene rings is 8. The van der Waals surface area contributed by atoms with Crippen LogP contribution < -0.4 is 24.8 Å². The van der Waals surface area contributed by atoms with E-state index in [1.165, 1.54) is 132 Å². The van der Waals surface area contributed by atoms with Crippen molar-refractivity contribution < 1.29 is 48.1 Å². The Morgan fingerprint density at radius 1 is 0.375 bits per heavy atom. The molecule has 0 fully saturated rings. The van der Waals surface area contributed by atoms with E-state index < -0.39 is 0 Å². The summed E-state index contributed by atoms with van der Waals surface area (Å²) >= 11 is 1.36. The number of aryl methyl sites for hydroxylation is 4. The topological polar surface area (TPSA) is 0 Å². The third-order valence-electron chi connectivity index (χ3n) is 10.5. The first kappa shape index (κ1) is 44.4. The van der Waals surface area contributed by atoms with Crippen LogP contribution in [0.2, 0.25) is 0 Å². The maximum atomic E-state index is 3.06. The molecule has 0 aliphatic rings. The minimum atomic E-state index is 0.